The molecule has 0 saturated heterocycles. The van der Waals surface area contributed by atoms with E-state index in [0.29, 0.717) is 17.7 Å². The molecule has 2 rings (SSSR count). The van der Waals surface area contributed by atoms with Crippen LogP contribution in [0.1, 0.15) is 11.1 Å². The van der Waals surface area contributed by atoms with Gasteiger partial charge in [0.05, 0.1) is 16.2 Å². The van der Waals surface area contributed by atoms with E-state index in [1.807, 2.05) is 0 Å². The zero-order chi connectivity index (χ0) is 16.3. The fraction of sp³-hybridized carbons (Fsp3) is 0.0714. The van der Waals surface area contributed by atoms with Crippen LogP contribution in [-0.4, -0.2) is 11.1 Å². The van der Waals surface area contributed by atoms with Crippen LogP contribution in [0.2, 0.25) is 0 Å². The Morgan fingerprint density at radius 1 is 1.18 bits per heavy atom. The molecule has 0 atom stereocenters. The number of nitrogens with zero attached hydrogens (tertiary/aromatic N) is 2. The number of hydrogen-bond acceptors (Lipinski definition) is 4. The molecule has 2 aromatic rings. The minimum Gasteiger partial charge on any atom is -0.391 e. The largest absolute Gasteiger partial charge is 0.416 e. The molecule has 0 heterocycles. The van der Waals surface area contributed by atoms with Gasteiger partial charge in [0.25, 0.3) is 5.69 Å². The van der Waals surface area contributed by atoms with Gasteiger partial charge in [0.15, 0.2) is 0 Å². The predicted octanol–water partition coefficient (Wildman–Crippen LogP) is 3.95. The summed E-state index contributed by atoms with van der Waals surface area (Å²) < 4.78 is 38.4. The van der Waals surface area contributed by atoms with Crippen molar-refractivity contribution in [2.24, 2.45) is 4.99 Å². The molecular formula is C14H10F3N3O2. The summed E-state index contributed by atoms with van der Waals surface area (Å²) in [4.78, 5) is 13.7. The van der Waals surface area contributed by atoms with E-state index < -0.39 is 28.0 Å². The number of nitro benzene ring substituents is 1. The monoisotopic (exact) mass is 309 g/mol. The van der Waals surface area contributed by atoms with Gasteiger partial charge >= 0.3 is 6.18 Å². The van der Waals surface area contributed by atoms with E-state index in [1.54, 1.807) is 30.3 Å². The molecule has 2 N–H and O–H groups in total. The molecule has 22 heavy (non-hydrogen) atoms. The molecule has 0 saturated carbocycles. The Labute approximate surface area is 123 Å². The molecule has 2 aromatic carbocycles. The van der Waals surface area contributed by atoms with Crippen molar-refractivity contribution in [1.82, 2.24) is 0 Å². The molecule has 0 radical (unpaired) electrons. The Bertz CT molecular complexity index is 728. The summed E-state index contributed by atoms with van der Waals surface area (Å²) in [5.74, 6) is 0. The molecule has 0 bridgehead atoms. The van der Waals surface area contributed by atoms with Crippen LogP contribution in [0.3, 0.4) is 0 Å². The van der Waals surface area contributed by atoms with Crippen LogP contribution in [0.15, 0.2) is 47.5 Å². The second kappa shape index (κ2) is 5.84. The van der Waals surface area contributed by atoms with E-state index in [4.69, 9.17) is 5.73 Å². The van der Waals surface area contributed by atoms with Crippen LogP contribution in [0.25, 0.3) is 0 Å². The van der Waals surface area contributed by atoms with Crippen LogP contribution in [0, 0.1) is 10.1 Å². The highest BCUT2D eigenvalue weighted by Crippen LogP contribution is 2.39. The van der Waals surface area contributed by atoms with E-state index in [1.165, 1.54) is 6.21 Å². The number of nitrogen functional groups attached to an aromatic ring is 1. The maximum absolute atomic E-state index is 12.8. The average Bonchev–Trinajstić information content (AvgIpc) is 2.45. The second-order valence-corrected chi connectivity index (χ2v) is 4.35. The lowest BCUT2D eigenvalue weighted by atomic mass is 10.1. The number of halogens is 3. The topological polar surface area (TPSA) is 81.5 Å². The van der Waals surface area contributed by atoms with Crippen molar-refractivity contribution >= 4 is 23.3 Å². The van der Waals surface area contributed by atoms with Gasteiger partial charge in [-0.15, -0.1) is 0 Å². The van der Waals surface area contributed by atoms with E-state index >= 15 is 0 Å². The standard InChI is InChI=1S/C14H10F3N3O2/c15-14(16,17)10-6-11(13(18)12(7-10)20(21)22)19-8-9-4-2-1-3-5-9/h1-8H,18H2. The molecular weight excluding hydrogens is 299 g/mol. The van der Waals surface area contributed by atoms with Gasteiger partial charge in [-0.3, -0.25) is 15.1 Å². The number of hydrogen-bond donors (Lipinski definition) is 1. The molecule has 0 amide bonds. The summed E-state index contributed by atoms with van der Waals surface area (Å²) in [6.07, 6.45) is -3.44. The lowest BCUT2D eigenvalue weighted by Crippen LogP contribution is -2.07. The molecule has 0 aromatic heterocycles. The maximum Gasteiger partial charge on any atom is 0.416 e. The molecule has 114 valence electrons. The van der Waals surface area contributed by atoms with Crippen molar-refractivity contribution in [3.63, 3.8) is 0 Å². The first-order chi connectivity index (χ1) is 10.3. The first-order valence-electron chi connectivity index (χ1n) is 6.03. The number of rotatable bonds is 3. The summed E-state index contributed by atoms with van der Waals surface area (Å²) in [5, 5.41) is 10.8. The smallest absolute Gasteiger partial charge is 0.391 e. The fourth-order valence-corrected chi connectivity index (χ4v) is 1.73. The van der Waals surface area contributed by atoms with E-state index in [-0.39, 0.29) is 5.69 Å². The van der Waals surface area contributed by atoms with Crippen molar-refractivity contribution in [1.29, 1.82) is 0 Å². The van der Waals surface area contributed by atoms with Gasteiger partial charge < -0.3 is 5.73 Å². The van der Waals surface area contributed by atoms with Crippen LogP contribution in [0.4, 0.5) is 30.2 Å². The van der Waals surface area contributed by atoms with Crippen molar-refractivity contribution in [3.8, 4) is 0 Å². The number of alkyl halides is 3. The number of nitro groups is 1. The molecule has 0 aliphatic heterocycles. The van der Waals surface area contributed by atoms with Crippen LogP contribution in [0.5, 0.6) is 0 Å². The number of anilines is 1. The van der Waals surface area contributed by atoms with Crippen molar-refractivity contribution in [3.05, 3.63) is 63.7 Å². The third-order valence-corrected chi connectivity index (χ3v) is 2.81. The summed E-state index contributed by atoms with van der Waals surface area (Å²) in [6, 6.07) is 9.65. The lowest BCUT2D eigenvalue weighted by Gasteiger charge is -2.09. The number of nitrogens with two attached hydrogens (primary N) is 1. The molecule has 0 fully saturated rings. The normalized spacial score (nSPS) is 11.8. The summed E-state index contributed by atoms with van der Waals surface area (Å²) in [6.45, 7) is 0. The predicted molar refractivity (Wildman–Crippen MR) is 76.2 cm³/mol. The average molecular weight is 309 g/mol. The maximum atomic E-state index is 12.8. The Hall–Kier alpha value is -2.90. The van der Waals surface area contributed by atoms with E-state index in [9.17, 15) is 23.3 Å². The van der Waals surface area contributed by atoms with Crippen molar-refractivity contribution < 1.29 is 18.1 Å². The minimum atomic E-state index is -4.73. The molecule has 0 aliphatic rings. The molecule has 0 unspecified atom stereocenters. The van der Waals surface area contributed by atoms with Gasteiger partial charge in [-0.2, -0.15) is 13.2 Å². The van der Waals surface area contributed by atoms with Crippen LogP contribution in [-0.2, 0) is 6.18 Å². The van der Waals surface area contributed by atoms with E-state index in [0.717, 1.165) is 0 Å². The minimum absolute atomic E-state index is 0.301. The summed E-state index contributed by atoms with van der Waals surface area (Å²) >= 11 is 0. The molecule has 0 spiro atoms. The van der Waals surface area contributed by atoms with Gasteiger partial charge in [-0.05, 0) is 11.6 Å². The summed E-state index contributed by atoms with van der Waals surface area (Å²) in [7, 11) is 0. The first kappa shape index (κ1) is 15.5. The molecule has 5 nitrogen and oxygen atoms in total. The highest BCUT2D eigenvalue weighted by molar-refractivity contribution is 5.85. The second-order valence-electron chi connectivity index (χ2n) is 4.35. The zero-order valence-electron chi connectivity index (χ0n) is 11.0. The molecule has 0 aliphatic carbocycles. The van der Waals surface area contributed by atoms with Gasteiger partial charge in [0.2, 0.25) is 0 Å². The third kappa shape index (κ3) is 3.40. The quantitative estimate of drug-likeness (QED) is 0.403. The Morgan fingerprint density at radius 2 is 1.82 bits per heavy atom. The van der Waals surface area contributed by atoms with Gasteiger partial charge in [-0.25, -0.2) is 0 Å². The van der Waals surface area contributed by atoms with Crippen molar-refractivity contribution in [2.45, 2.75) is 6.18 Å². The van der Waals surface area contributed by atoms with Crippen LogP contribution >= 0.6 is 0 Å². The SMILES string of the molecule is Nc1c(N=Cc2ccccc2)cc(C(F)(F)F)cc1[N+](=O)[O-]. The van der Waals surface area contributed by atoms with Gasteiger partial charge in [0, 0.05) is 12.3 Å². The lowest BCUT2D eigenvalue weighted by molar-refractivity contribution is -0.384. The Morgan fingerprint density at radius 3 is 2.36 bits per heavy atom. The zero-order valence-corrected chi connectivity index (χ0v) is 11.0. The first-order valence-corrected chi connectivity index (χ1v) is 6.03. The number of benzene rings is 2. The van der Waals surface area contributed by atoms with Gasteiger partial charge in [-0.1, -0.05) is 30.3 Å². The van der Waals surface area contributed by atoms with E-state index in [2.05, 4.69) is 4.99 Å². The third-order valence-electron chi connectivity index (χ3n) is 2.81. The van der Waals surface area contributed by atoms with Gasteiger partial charge in [0.1, 0.15) is 5.69 Å². The number of aliphatic imine (C=N–C) groups is 1. The summed E-state index contributed by atoms with van der Waals surface area (Å²) in [5.41, 5.74) is 3.46. The van der Waals surface area contributed by atoms with Crippen molar-refractivity contribution in [2.75, 3.05) is 5.73 Å². The highest BCUT2D eigenvalue weighted by atomic mass is 19.4. The van der Waals surface area contributed by atoms with Crippen LogP contribution < -0.4 is 5.73 Å². The molecule has 8 heteroatoms. The highest BCUT2D eigenvalue weighted by Gasteiger charge is 2.34. The Balaban J connectivity index is 2.52. The fourth-order valence-electron chi connectivity index (χ4n) is 1.73. The Kier molecular flexibility index (Phi) is 4.11.